The van der Waals surface area contributed by atoms with Crippen LogP contribution in [0.5, 0.6) is 0 Å². The highest BCUT2D eigenvalue weighted by Gasteiger charge is 2.20. The Labute approximate surface area is 137 Å². The van der Waals surface area contributed by atoms with E-state index >= 15 is 0 Å². The highest BCUT2D eigenvalue weighted by Crippen LogP contribution is 2.25. The van der Waals surface area contributed by atoms with Crippen LogP contribution in [0, 0.1) is 13.8 Å². The first-order valence-electron chi connectivity index (χ1n) is 7.08. The molecule has 0 aliphatic carbocycles. The number of esters is 1. The van der Waals surface area contributed by atoms with Crippen molar-refractivity contribution >= 4 is 33.4 Å². The number of hydrogen-bond donors (Lipinski definition) is 0. The Balaban J connectivity index is 2.20. The van der Waals surface area contributed by atoms with E-state index < -0.39 is 12.1 Å². The van der Waals surface area contributed by atoms with Gasteiger partial charge in [-0.05, 0) is 26.3 Å². The van der Waals surface area contributed by atoms with Gasteiger partial charge in [0.2, 0.25) is 0 Å². The van der Waals surface area contributed by atoms with Crippen molar-refractivity contribution in [1.82, 2.24) is 14.5 Å². The molecular formula is C15H19N3O4S. The smallest absolute Gasteiger partial charge is 0.326 e. The summed E-state index contributed by atoms with van der Waals surface area (Å²) in [5.74, 6) is -0.968. The largest absolute Gasteiger partial charge is 0.451 e. The lowest BCUT2D eigenvalue weighted by atomic mass is 10.2. The number of fused-ring (bicyclic) bond motifs is 1. The predicted molar refractivity (Wildman–Crippen MR) is 87.6 cm³/mol. The van der Waals surface area contributed by atoms with Gasteiger partial charge in [-0.3, -0.25) is 19.0 Å². The molecular weight excluding hydrogens is 318 g/mol. The minimum Gasteiger partial charge on any atom is -0.451 e. The first-order chi connectivity index (χ1) is 10.7. The molecule has 2 heterocycles. The third kappa shape index (κ3) is 3.42. The van der Waals surface area contributed by atoms with Gasteiger partial charge < -0.3 is 9.64 Å². The number of thiophene rings is 1. The van der Waals surface area contributed by atoms with Crippen molar-refractivity contribution in [2.24, 2.45) is 0 Å². The van der Waals surface area contributed by atoms with Crippen LogP contribution in [-0.2, 0) is 20.9 Å². The number of rotatable bonds is 4. The molecule has 0 aliphatic rings. The maximum Gasteiger partial charge on any atom is 0.326 e. The van der Waals surface area contributed by atoms with Crippen molar-refractivity contribution in [3.8, 4) is 0 Å². The van der Waals surface area contributed by atoms with Gasteiger partial charge in [-0.1, -0.05) is 0 Å². The first kappa shape index (κ1) is 17.1. The molecule has 0 radical (unpaired) electrons. The molecule has 2 rings (SSSR count). The normalized spacial score (nSPS) is 12.2. The summed E-state index contributed by atoms with van der Waals surface area (Å²) in [5.41, 5.74) is 0.599. The molecule has 124 valence electrons. The first-order valence-corrected chi connectivity index (χ1v) is 7.89. The lowest BCUT2D eigenvalue weighted by Gasteiger charge is -2.17. The second-order valence-corrected chi connectivity index (χ2v) is 6.71. The van der Waals surface area contributed by atoms with Crippen molar-refractivity contribution < 1.29 is 14.3 Å². The van der Waals surface area contributed by atoms with Crippen LogP contribution in [0.4, 0.5) is 0 Å². The zero-order valence-corrected chi connectivity index (χ0v) is 14.6. The van der Waals surface area contributed by atoms with Gasteiger partial charge in [0, 0.05) is 19.0 Å². The monoisotopic (exact) mass is 337 g/mol. The molecule has 2 aromatic rings. The minimum atomic E-state index is -0.893. The van der Waals surface area contributed by atoms with E-state index in [1.807, 2.05) is 13.8 Å². The van der Waals surface area contributed by atoms with E-state index in [0.717, 1.165) is 10.4 Å². The zero-order chi connectivity index (χ0) is 17.3. The summed E-state index contributed by atoms with van der Waals surface area (Å²) in [4.78, 5) is 43.4. The van der Waals surface area contributed by atoms with Crippen LogP contribution in [0.25, 0.3) is 10.2 Å². The van der Waals surface area contributed by atoms with E-state index in [1.165, 1.54) is 34.1 Å². The molecule has 0 spiro atoms. The van der Waals surface area contributed by atoms with Gasteiger partial charge in [-0.25, -0.2) is 4.98 Å². The lowest BCUT2D eigenvalue weighted by molar-refractivity contribution is -0.158. The van der Waals surface area contributed by atoms with E-state index in [2.05, 4.69) is 4.98 Å². The van der Waals surface area contributed by atoms with Gasteiger partial charge in [0.1, 0.15) is 11.4 Å². The molecule has 1 atom stereocenters. The Morgan fingerprint density at radius 1 is 1.39 bits per heavy atom. The summed E-state index contributed by atoms with van der Waals surface area (Å²) in [6, 6.07) is 0. The highest BCUT2D eigenvalue weighted by atomic mass is 32.1. The SMILES string of the molecule is Cc1sc2ncn(CC(=O)O[C@H](C)C(=O)N(C)C)c(=O)c2c1C. The third-order valence-electron chi connectivity index (χ3n) is 3.55. The summed E-state index contributed by atoms with van der Waals surface area (Å²) in [5, 5.41) is 0.528. The quantitative estimate of drug-likeness (QED) is 0.780. The van der Waals surface area contributed by atoms with Gasteiger partial charge in [-0.15, -0.1) is 11.3 Å². The van der Waals surface area contributed by atoms with Crippen LogP contribution in [0.2, 0.25) is 0 Å². The standard InChI is InChI=1S/C15H19N3O4S/c1-8-10(3)23-13-12(8)15(21)18(7-16-13)6-11(19)22-9(2)14(20)17(4)5/h7,9H,6H2,1-5H3/t9-/m1/s1. The predicted octanol–water partition coefficient (Wildman–Crippen LogP) is 1.09. The van der Waals surface area contributed by atoms with Crippen LogP contribution < -0.4 is 5.56 Å². The Kier molecular flexibility index (Phi) is 4.84. The summed E-state index contributed by atoms with van der Waals surface area (Å²) in [6.45, 7) is 5.00. The molecule has 7 nitrogen and oxygen atoms in total. The number of carbonyl (C=O) groups excluding carboxylic acids is 2. The molecule has 0 saturated heterocycles. The third-order valence-corrected chi connectivity index (χ3v) is 4.67. The Morgan fingerprint density at radius 3 is 2.65 bits per heavy atom. The summed E-state index contributed by atoms with van der Waals surface area (Å²) < 4.78 is 6.27. The Hall–Kier alpha value is -2.22. The molecule has 0 aromatic carbocycles. The number of likely N-dealkylation sites (N-methyl/N-ethyl adjacent to an activating group) is 1. The lowest BCUT2D eigenvalue weighted by Crippen LogP contribution is -2.36. The Morgan fingerprint density at radius 2 is 2.04 bits per heavy atom. The van der Waals surface area contributed by atoms with E-state index in [1.54, 1.807) is 14.1 Å². The van der Waals surface area contributed by atoms with Crippen LogP contribution in [0.15, 0.2) is 11.1 Å². The van der Waals surface area contributed by atoms with Crippen LogP contribution in [-0.4, -0.2) is 46.5 Å². The van der Waals surface area contributed by atoms with Gasteiger partial charge in [-0.2, -0.15) is 0 Å². The second-order valence-electron chi connectivity index (χ2n) is 5.51. The molecule has 2 aromatic heterocycles. The molecule has 0 bridgehead atoms. The number of hydrogen-bond acceptors (Lipinski definition) is 6. The topological polar surface area (TPSA) is 81.5 Å². The van der Waals surface area contributed by atoms with E-state index in [4.69, 9.17) is 4.74 Å². The summed E-state index contributed by atoms with van der Waals surface area (Å²) >= 11 is 1.45. The van der Waals surface area contributed by atoms with Gasteiger partial charge in [0.15, 0.2) is 6.10 Å². The fraction of sp³-hybridized carbons (Fsp3) is 0.467. The number of aromatic nitrogens is 2. The van der Waals surface area contributed by atoms with Crippen molar-refractivity contribution in [3.05, 3.63) is 27.1 Å². The molecule has 0 unspecified atom stereocenters. The van der Waals surface area contributed by atoms with Crippen LogP contribution >= 0.6 is 11.3 Å². The molecule has 1 amide bonds. The van der Waals surface area contributed by atoms with Gasteiger partial charge in [0.05, 0.1) is 11.7 Å². The molecule has 8 heteroatoms. The summed E-state index contributed by atoms with van der Waals surface area (Å²) in [6.07, 6.45) is 0.440. The van der Waals surface area contributed by atoms with Crippen molar-refractivity contribution in [1.29, 1.82) is 0 Å². The fourth-order valence-electron chi connectivity index (χ4n) is 2.17. The summed E-state index contributed by atoms with van der Waals surface area (Å²) in [7, 11) is 3.16. The van der Waals surface area contributed by atoms with Gasteiger partial charge >= 0.3 is 5.97 Å². The maximum atomic E-state index is 12.5. The Bertz CT molecular complexity index is 822. The van der Waals surface area contributed by atoms with Crippen molar-refractivity contribution in [2.45, 2.75) is 33.4 Å². The minimum absolute atomic E-state index is 0.277. The van der Waals surface area contributed by atoms with Gasteiger partial charge in [0.25, 0.3) is 11.5 Å². The van der Waals surface area contributed by atoms with E-state index in [9.17, 15) is 14.4 Å². The molecule has 0 N–H and O–H groups in total. The number of ether oxygens (including phenoxy) is 1. The average Bonchev–Trinajstić information content (AvgIpc) is 2.76. The molecule has 0 aliphatic heterocycles. The number of carbonyl (C=O) groups is 2. The van der Waals surface area contributed by atoms with Crippen LogP contribution in [0.1, 0.15) is 17.4 Å². The average molecular weight is 337 g/mol. The van der Waals surface area contributed by atoms with Crippen LogP contribution in [0.3, 0.4) is 0 Å². The number of aryl methyl sites for hydroxylation is 2. The van der Waals surface area contributed by atoms with E-state index in [-0.39, 0.29) is 18.0 Å². The number of amides is 1. The molecule has 23 heavy (non-hydrogen) atoms. The molecule has 0 saturated carbocycles. The zero-order valence-electron chi connectivity index (χ0n) is 13.7. The van der Waals surface area contributed by atoms with E-state index in [0.29, 0.717) is 10.2 Å². The highest BCUT2D eigenvalue weighted by molar-refractivity contribution is 7.18. The molecule has 0 fully saturated rings. The number of nitrogens with zero attached hydrogens (tertiary/aromatic N) is 3. The maximum absolute atomic E-state index is 12.5. The second kappa shape index (κ2) is 6.49. The fourth-order valence-corrected chi connectivity index (χ4v) is 3.16. The van der Waals surface area contributed by atoms with Crippen molar-refractivity contribution in [2.75, 3.05) is 14.1 Å². The van der Waals surface area contributed by atoms with Crippen molar-refractivity contribution in [3.63, 3.8) is 0 Å².